The fourth-order valence-electron chi connectivity index (χ4n) is 5.97. The summed E-state index contributed by atoms with van der Waals surface area (Å²) in [7, 11) is 6.41. The molecule has 38 heavy (non-hydrogen) atoms. The van der Waals surface area contributed by atoms with Crippen LogP contribution >= 0.6 is 0 Å². The van der Waals surface area contributed by atoms with Gasteiger partial charge in [-0.3, -0.25) is 0 Å². The Hall–Kier alpha value is -4.38. The summed E-state index contributed by atoms with van der Waals surface area (Å²) < 4.78 is 0. The van der Waals surface area contributed by atoms with Gasteiger partial charge in [0.2, 0.25) is 11.9 Å². The van der Waals surface area contributed by atoms with Crippen LogP contribution in [-0.4, -0.2) is 47.8 Å². The van der Waals surface area contributed by atoms with E-state index >= 15 is 0 Å². The zero-order valence-electron chi connectivity index (χ0n) is 22.1. The standard InChI is InChI=1S/C33H33N5/c1-36-29(25-18-10-5-11-19-25)28(24-16-8-4-9-17-24)34-32(36)35-33-37(2)30(26-20-12-6-13-21-26)31(38(33)3)27-22-14-7-15-23-27/h4-23,28-31H,1-3H3/t28-,29-,30-,31-/m1/s1. The predicted molar refractivity (Wildman–Crippen MR) is 155 cm³/mol. The van der Waals surface area contributed by atoms with Gasteiger partial charge < -0.3 is 14.7 Å². The summed E-state index contributed by atoms with van der Waals surface area (Å²) in [5, 5.41) is 0. The van der Waals surface area contributed by atoms with Crippen LogP contribution in [0.15, 0.2) is 131 Å². The number of aliphatic imine (C=N–C) groups is 2. The number of hydrogen-bond donors (Lipinski definition) is 0. The third-order valence-electron chi connectivity index (χ3n) is 7.82. The molecule has 2 heterocycles. The second-order valence-corrected chi connectivity index (χ2v) is 10.1. The lowest BCUT2D eigenvalue weighted by atomic mass is 9.93. The Kier molecular flexibility index (Phi) is 6.42. The normalized spacial score (nSPS) is 23.1. The maximum absolute atomic E-state index is 5.27. The molecule has 0 spiro atoms. The number of nitrogens with zero attached hydrogens (tertiary/aromatic N) is 5. The van der Waals surface area contributed by atoms with Crippen LogP contribution in [0, 0.1) is 0 Å². The van der Waals surface area contributed by atoms with Gasteiger partial charge in [0.05, 0.1) is 18.1 Å². The highest BCUT2D eigenvalue weighted by Gasteiger charge is 2.43. The number of benzene rings is 4. The van der Waals surface area contributed by atoms with Crippen LogP contribution in [0.1, 0.15) is 46.4 Å². The van der Waals surface area contributed by atoms with Crippen LogP contribution in [0.25, 0.3) is 0 Å². The Labute approximate surface area is 225 Å². The summed E-state index contributed by atoms with van der Waals surface area (Å²) >= 11 is 0. The quantitative estimate of drug-likeness (QED) is 0.322. The first-order valence-electron chi connectivity index (χ1n) is 13.2. The maximum Gasteiger partial charge on any atom is 0.224 e. The summed E-state index contributed by atoms with van der Waals surface area (Å²) in [5.41, 5.74) is 4.97. The molecule has 5 nitrogen and oxygen atoms in total. The molecule has 2 aliphatic rings. The van der Waals surface area contributed by atoms with Crippen LogP contribution < -0.4 is 0 Å². The maximum atomic E-state index is 5.27. The van der Waals surface area contributed by atoms with E-state index in [0.29, 0.717) is 0 Å². The summed E-state index contributed by atoms with van der Waals surface area (Å²) in [5.74, 6) is 1.67. The highest BCUT2D eigenvalue weighted by molar-refractivity contribution is 5.97. The molecule has 1 fully saturated rings. The van der Waals surface area contributed by atoms with Crippen LogP contribution in [0.4, 0.5) is 0 Å². The van der Waals surface area contributed by atoms with Crippen molar-refractivity contribution in [1.29, 1.82) is 0 Å². The molecule has 0 saturated carbocycles. The van der Waals surface area contributed by atoms with Gasteiger partial charge in [0.15, 0.2) is 0 Å². The fourth-order valence-corrected chi connectivity index (χ4v) is 5.97. The van der Waals surface area contributed by atoms with Gasteiger partial charge in [0, 0.05) is 21.1 Å². The van der Waals surface area contributed by atoms with E-state index < -0.39 is 0 Å². The molecule has 0 N–H and O–H groups in total. The van der Waals surface area contributed by atoms with Crippen molar-refractivity contribution in [1.82, 2.24) is 14.7 Å². The topological polar surface area (TPSA) is 34.4 Å². The van der Waals surface area contributed by atoms with E-state index in [1.54, 1.807) is 0 Å². The molecule has 190 valence electrons. The molecule has 4 aromatic carbocycles. The third kappa shape index (κ3) is 4.24. The molecule has 0 radical (unpaired) electrons. The Balaban J connectivity index is 1.43. The van der Waals surface area contributed by atoms with Crippen molar-refractivity contribution in [2.24, 2.45) is 9.98 Å². The minimum atomic E-state index is -0.0326. The average molecular weight is 500 g/mol. The Morgan fingerprint density at radius 1 is 0.474 bits per heavy atom. The molecule has 4 atom stereocenters. The summed E-state index contributed by atoms with van der Waals surface area (Å²) in [6, 6.07) is 43.0. The summed E-state index contributed by atoms with van der Waals surface area (Å²) in [6.07, 6.45) is 0. The van der Waals surface area contributed by atoms with Gasteiger partial charge in [-0.15, -0.1) is 0 Å². The Morgan fingerprint density at radius 3 is 1.26 bits per heavy atom. The van der Waals surface area contributed by atoms with Crippen molar-refractivity contribution in [3.63, 3.8) is 0 Å². The van der Waals surface area contributed by atoms with Gasteiger partial charge in [0.1, 0.15) is 6.04 Å². The summed E-state index contributed by atoms with van der Waals surface area (Å²) in [4.78, 5) is 17.3. The van der Waals surface area contributed by atoms with Crippen LogP contribution in [0.2, 0.25) is 0 Å². The zero-order valence-corrected chi connectivity index (χ0v) is 22.1. The molecule has 1 saturated heterocycles. The predicted octanol–water partition coefficient (Wildman–Crippen LogP) is 6.49. The number of guanidine groups is 2. The lowest BCUT2D eigenvalue weighted by molar-refractivity contribution is 0.316. The van der Waals surface area contributed by atoms with E-state index in [2.05, 4.69) is 157 Å². The van der Waals surface area contributed by atoms with E-state index in [-0.39, 0.29) is 24.2 Å². The molecule has 0 unspecified atom stereocenters. The molecule has 6 rings (SSSR count). The van der Waals surface area contributed by atoms with E-state index in [0.717, 1.165) is 11.9 Å². The summed E-state index contributed by atoms with van der Waals surface area (Å²) in [6.45, 7) is 0. The molecule has 0 aliphatic carbocycles. The smallest absolute Gasteiger partial charge is 0.224 e. The molecule has 5 heteroatoms. The van der Waals surface area contributed by atoms with Crippen molar-refractivity contribution in [2.75, 3.05) is 21.1 Å². The van der Waals surface area contributed by atoms with Gasteiger partial charge >= 0.3 is 0 Å². The van der Waals surface area contributed by atoms with E-state index in [1.807, 2.05) is 0 Å². The Morgan fingerprint density at radius 2 is 0.842 bits per heavy atom. The van der Waals surface area contributed by atoms with Crippen molar-refractivity contribution >= 4 is 11.9 Å². The largest absolute Gasteiger partial charge is 0.336 e. The van der Waals surface area contributed by atoms with Crippen LogP contribution in [-0.2, 0) is 0 Å². The van der Waals surface area contributed by atoms with E-state index in [9.17, 15) is 0 Å². The molecule has 4 aromatic rings. The van der Waals surface area contributed by atoms with Crippen molar-refractivity contribution in [3.05, 3.63) is 144 Å². The first-order valence-corrected chi connectivity index (χ1v) is 13.2. The van der Waals surface area contributed by atoms with Crippen molar-refractivity contribution in [2.45, 2.75) is 24.2 Å². The first kappa shape index (κ1) is 24.0. The number of rotatable bonds is 4. The second-order valence-electron chi connectivity index (χ2n) is 10.1. The van der Waals surface area contributed by atoms with E-state index in [1.165, 1.54) is 22.3 Å². The van der Waals surface area contributed by atoms with Crippen LogP contribution in [0.3, 0.4) is 0 Å². The molecule has 0 amide bonds. The van der Waals surface area contributed by atoms with Gasteiger partial charge in [-0.2, -0.15) is 4.99 Å². The highest BCUT2D eigenvalue weighted by atomic mass is 15.5. The van der Waals surface area contributed by atoms with Gasteiger partial charge in [-0.1, -0.05) is 121 Å². The molecular weight excluding hydrogens is 466 g/mol. The van der Waals surface area contributed by atoms with Gasteiger partial charge in [-0.05, 0) is 22.3 Å². The van der Waals surface area contributed by atoms with E-state index in [4.69, 9.17) is 9.98 Å². The number of hydrogen-bond acceptors (Lipinski definition) is 3. The monoisotopic (exact) mass is 499 g/mol. The lowest BCUT2D eigenvalue weighted by Crippen LogP contribution is -2.33. The van der Waals surface area contributed by atoms with Gasteiger partial charge in [0.25, 0.3) is 0 Å². The highest BCUT2D eigenvalue weighted by Crippen LogP contribution is 2.45. The molecular formula is C33H33N5. The minimum absolute atomic E-state index is 0.0326. The molecule has 2 aliphatic heterocycles. The molecule has 0 aromatic heterocycles. The molecule has 0 bridgehead atoms. The number of likely N-dealkylation sites (N-methyl/N-ethyl adjacent to an activating group) is 3. The minimum Gasteiger partial charge on any atom is -0.336 e. The van der Waals surface area contributed by atoms with Gasteiger partial charge in [-0.25, -0.2) is 4.99 Å². The first-order chi connectivity index (χ1) is 18.6. The lowest BCUT2D eigenvalue weighted by Gasteiger charge is -2.27. The average Bonchev–Trinajstić information content (AvgIpc) is 3.43. The fraction of sp³-hybridized carbons (Fsp3) is 0.212. The third-order valence-corrected chi connectivity index (χ3v) is 7.82. The van der Waals surface area contributed by atoms with Crippen molar-refractivity contribution in [3.8, 4) is 0 Å². The van der Waals surface area contributed by atoms with Crippen molar-refractivity contribution < 1.29 is 0 Å². The SMILES string of the molecule is CN1C(N=C2N(C)[C@H](c3ccccc3)[C@@H](c3ccccc3)N2C)=N[C@H](c2ccccc2)[C@H]1c1ccccc1. The second kappa shape index (κ2) is 10.2. The van der Waals surface area contributed by atoms with Crippen LogP contribution in [0.5, 0.6) is 0 Å². The Bertz CT molecular complexity index is 1370. The zero-order chi connectivity index (χ0) is 26.1.